The average molecular weight is 286 g/mol. The van der Waals surface area contributed by atoms with Gasteiger partial charge in [-0.05, 0) is 40.4 Å². The molecule has 118 valence electrons. The quantitative estimate of drug-likeness (QED) is 0.641. The van der Waals surface area contributed by atoms with Gasteiger partial charge in [0.15, 0.2) is 0 Å². The van der Waals surface area contributed by atoms with Crippen LogP contribution >= 0.6 is 0 Å². The van der Waals surface area contributed by atoms with Crippen LogP contribution in [-0.4, -0.2) is 91.2 Å². The first-order valence-corrected chi connectivity index (χ1v) is 7.43. The minimum absolute atomic E-state index is 0.531. The molecule has 1 unspecified atom stereocenters. The zero-order chi connectivity index (χ0) is 15.2. The summed E-state index contributed by atoms with van der Waals surface area (Å²) in [7, 11) is 4.20. The molecule has 0 spiro atoms. The summed E-state index contributed by atoms with van der Waals surface area (Å²) in [4.78, 5) is 18.0. The second kappa shape index (κ2) is 7.93. The molecule has 6 nitrogen and oxygen atoms in total. The molecular formula is C14H30N4O2. The second-order valence-corrected chi connectivity index (χ2v) is 6.31. The van der Waals surface area contributed by atoms with E-state index >= 15 is 0 Å². The first-order chi connectivity index (χ1) is 9.31. The summed E-state index contributed by atoms with van der Waals surface area (Å²) < 4.78 is 0. The molecule has 0 radical (unpaired) electrons. The molecule has 0 aromatic rings. The van der Waals surface area contributed by atoms with Crippen LogP contribution in [0.15, 0.2) is 0 Å². The minimum atomic E-state index is -1.09. The van der Waals surface area contributed by atoms with Crippen LogP contribution in [0.4, 0.5) is 0 Å². The van der Waals surface area contributed by atoms with Crippen LogP contribution in [0.1, 0.15) is 19.8 Å². The van der Waals surface area contributed by atoms with E-state index in [9.17, 15) is 4.79 Å². The Morgan fingerprint density at radius 3 is 2.15 bits per heavy atom. The summed E-state index contributed by atoms with van der Waals surface area (Å²) in [5.41, 5.74) is 4.64. The average Bonchev–Trinajstić information content (AvgIpc) is 2.37. The number of nitrogens with zero attached hydrogens (tertiary/aromatic N) is 3. The summed E-state index contributed by atoms with van der Waals surface area (Å²) in [6, 6.07) is 0. The Bertz CT molecular complexity index is 300. The molecular weight excluding hydrogens is 256 g/mol. The lowest BCUT2D eigenvalue weighted by Gasteiger charge is -2.35. The van der Waals surface area contributed by atoms with E-state index in [-0.39, 0.29) is 0 Å². The summed E-state index contributed by atoms with van der Waals surface area (Å²) in [6.07, 6.45) is 1.38. The van der Waals surface area contributed by atoms with Gasteiger partial charge < -0.3 is 20.6 Å². The van der Waals surface area contributed by atoms with Gasteiger partial charge in [0, 0.05) is 39.3 Å². The molecule has 3 N–H and O–H groups in total. The molecule has 1 rings (SSSR count). The van der Waals surface area contributed by atoms with E-state index in [4.69, 9.17) is 10.8 Å². The molecule has 1 aliphatic rings. The van der Waals surface area contributed by atoms with Gasteiger partial charge in [-0.1, -0.05) is 0 Å². The van der Waals surface area contributed by atoms with Crippen molar-refractivity contribution >= 4 is 5.97 Å². The molecule has 1 aliphatic heterocycles. The van der Waals surface area contributed by atoms with Crippen LogP contribution in [0.5, 0.6) is 0 Å². The highest BCUT2D eigenvalue weighted by Crippen LogP contribution is 2.11. The predicted octanol–water partition coefficient (Wildman–Crippen LogP) is -0.252. The molecule has 1 fully saturated rings. The Hall–Kier alpha value is -0.690. The number of hydrogen-bond acceptors (Lipinski definition) is 5. The third-order valence-electron chi connectivity index (χ3n) is 3.99. The fourth-order valence-electron chi connectivity index (χ4n) is 2.35. The highest BCUT2D eigenvalue weighted by molar-refractivity contribution is 5.77. The number of likely N-dealkylation sites (N-methyl/N-ethyl adjacent to an activating group) is 1. The predicted molar refractivity (Wildman–Crippen MR) is 80.9 cm³/mol. The number of nitrogens with two attached hydrogens (primary N) is 1. The molecule has 1 atom stereocenters. The Labute approximate surface area is 122 Å². The van der Waals surface area contributed by atoms with E-state index in [1.54, 1.807) is 6.92 Å². The van der Waals surface area contributed by atoms with Gasteiger partial charge in [-0.15, -0.1) is 0 Å². The van der Waals surface area contributed by atoms with E-state index in [1.165, 1.54) is 0 Å². The molecule has 6 heteroatoms. The van der Waals surface area contributed by atoms with Crippen molar-refractivity contribution in [3.8, 4) is 0 Å². The molecule has 0 aliphatic carbocycles. The van der Waals surface area contributed by atoms with Crippen molar-refractivity contribution < 1.29 is 9.90 Å². The molecule has 0 aromatic carbocycles. The SMILES string of the molecule is CN(C)CCN1CCN(CCCC(C)(N)C(=O)O)CC1. The molecule has 0 saturated carbocycles. The van der Waals surface area contributed by atoms with E-state index in [1.807, 2.05) is 0 Å². The van der Waals surface area contributed by atoms with Gasteiger partial charge in [-0.25, -0.2) is 0 Å². The van der Waals surface area contributed by atoms with Crippen LogP contribution in [0, 0.1) is 0 Å². The van der Waals surface area contributed by atoms with Gasteiger partial charge in [0.2, 0.25) is 0 Å². The lowest BCUT2D eigenvalue weighted by molar-refractivity contribution is -0.142. The van der Waals surface area contributed by atoms with E-state index in [0.717, 1.165) is 52.2 Å². The molecule has 0 bridgehead atoms. The number of carbonyl (C=O) groups is 1. The van der Waals surface area contributed by atoms with Crippen LogP contribution in [-0.2, 0) is 4.79 Å². The number of hydrogen-bond donors (Lipinski definition) is 2. The topological polar surface area (TPSA) is 73.0 Å². The van der Waals surface area contributed by atoms with Crippen LogP contribution in [0.2, 0.25) is 0 Å². The zero-order valence-corrected chi connectivity index (χ0v) is 13.1. The van der Waals surface area contributed by atoms with Crippen molar-refractivity contribution in [3.05, 3.63) is 0 Å². The van der Waals surface area contributed by atoms with Gasteiger partial charge in [-0.3, -0.25) is 9.69 Å². The minimum Gasteiger partial charge on any atom is -0.480 e. The number of carboxylic acid groups (broad SMARTS) is 1. The van der Waals surface area contributed by atoms with Gasteiger partial charge in [0.1, 0.15) is 5.54 Å². The lowest BCUT2D eigenvalue weighted by atomic mass is 9.97. The zero-order valence-electron chi connectivity index (χ0n) is 13.1. The molecule has 1 heterocycles. The Balaban J connectivity index is 2.15. The fraction of sp³-hybridized carbons (Fsp3) is 0.929. The molecule has 1 saturated heterocycles. The van der Waals surface area contributed by atoms with Gasteiger partial charge >= 0.3 is 5.97 Å². The Morgan fingerprint density at radius 2 is 1.70 bits per heavy atom. The van der Waals surface area contributed by atoms with Crippen molar-refractivity contribution in [1.29, 1.82) is 0 Å². The van der Waals surface area contributed by atoms with Crippen molar-refractivity contribution in [1.82, 2.24) is 14.7 Å². The maximum absolute atomic E-state index is 10.9. The summed E-state index contributed by atoms with van der Waals surface area (Å²) in [5.74, 6) is -0.911. The van der Waals surface area contributed by atoms with Gasteiger partial charge in [0.25, 0.3) is 0 Å². The first-order valence-electron chi connectivity index (χ1n) is 7.43. The van der Waals surface area contributed by atoms with E-state index in [2.05, 4.69) is 28.8 Å². The van der Waals surface area contributed by atoms with Crippen molar-refractivity contribution in [2.24, 2.45) is 5.73 Å². The number of rotatable bonds is 8. The monoisotopic (exact) mass is 286 g/mol. The second-order valence-electron chi connectivity index (χ2n) is 6.31. The third-order valence-corrected chi connectivity index (χ3v) is 3.99. The Kier molecular flexibility index (Phi) is 6.88. The fourth-order valence-corrected chi connectivity index (χ4v) is 2.35. The third kappa shape index (κ3) is 6.17. The maximum atomic E-state index is 10.9. The van der Waals surface area contributed by atoms with Crippen LogP contribution in [0.25, 0.3) is 0 Å². The smallest absolute Gasteiger partial charge is 0.323 e. The standard InChI is InChI=1S/C14H30N4O2/c1-14(15,13(19)20)5-4-6-17-9-11-18(12-10-17)8-7-16(2)3/h4-12,15H2,1-3H3,(H,19,20). The highest BCUT2D eigenvalue weighted by atomic mass is 16.4. The summed E-state index contributed by atoms with van der Waals surface area (Å²) in [6.45, 7) is 9.11. The largest absolute Gasteiger partial charge is 0.480 e. The summed E-state index contributed by atoms with van der Waals surface area (Å²) >= 11 is 0. The number of piperazine rings is 1. The Morgan fingerprint density at radius 1 is 1.20 bits per heavy atom. The number of carboxylic acids is 1. The van der Waals surface area contributed by atoms with Crippen molar-refractivity contribution in [2.75, 3.05) is 59.9 Å². The van der Waals surface area contributed by atoms with Crippen molar-refractivity contribution in [3.63, 3.8) is 0 Å². The van der Waals surface area contributed by atoms with Crippen LogP contribution in [0.3, 0.4) is 0 Å². The molecule has 0 aromatic heterocycles. The highest BCUT2D eigenvalue weighted by Gasteiger charge is 2.27. The van der Waals surface area contributed by atoms with E-state index < -0.39 is 11.5 Å². The van der Waals surface area contributed by atoms with Gasteiger partial charge in [-0.2, -0.15) is 0 Å². The lowest BCUT2D eigenvalue weighted by Crippen LogP contribution is -2.49. The molecule has 20 heavy (non-hydrogen) atoms. The van der Waals surface area contributed by atoms with Crippen LogP contribution < -0.4 is 5.73 Å². The van der Waals surface area contributed by atoms with Gasteiger partial charge in [0.05, 0.1) is 0 Å². The first kappa shape index (κ1) is 17.4. The van der Waals surface area contributed by atoms with Crippen molar-refractivity contribution in [2.45, 2.75) is 25.3 Å². The maximum Gasteiger partial charge on any atom is 0.323 e. The number of aliphatic carboxylic acids is 1. The normalized spacial score (nSPS) is 21.1. The summed E-state index contributed by atoms with van der Waals surface area (Å²) in [5, 5.41) is 8.97. The molecule has 0 amide bonds. The van der Waals surface area contributed by atoms with E-state index in [0.29, 0.717) is 6.42 Å².